The second kappa shape index (κ2) is 16.6. The van der Waals surface area contributed by atoms with E-state index in [0.717, 1.165) is 16.7 Å². The lowest BCUT2D eigenvalue weighted by Crippen LogP contribution is -2.61. The number of carbonyl (C=O) groups is 4. The number of aliphatic hydroxyl groups excluding tert-OH is 1. The number of aliphatic hydroxyl groups is 1. The second-order valence-electron chi connectivity index (χ2n) is 11.6. The molecule has 0 radical (unpaired) electrons. The molecule has 0 spiro atoms. The van der Waals surface area contributed by atoms with Crippen LogP contribution in [0.15, 0.2) is 48.5 Å². The molecule has 2 aromatic carbocycles. The summed E-state index contributed by atoms with van der Waals surface area (Å²) in [5.74, 6) is -2.03. The third kappa shape index (κ3) is 11.0. The molecule has 0 unspecified atom stereocenters. The highest BCUT2D eigenvalue weighted by atomic mass is 35.6. The Morgan fingerprint density at radius 3 is 2.26 bits per heavy atom. The molecule has 3 amide bonds. The van der Waals surface area contributed by atoms with Gasteiger partial charge in [0.2, 0.25) is 9.70 Å². The van der Waals surface area contributed by atoms with Crippen molar-refractivity contribution in [1.82, 2.24) is 21.1 Å². The Morgan fingerprint density at radius 2 is 1.65 bits per heavy atom. The van der Waals surface area contributed by atoms with Crippen molar-refractivity contribution in [2.75, 3.05) is 13.2 Å². The van der Waals surface area contributed by atoms with E-state index in [4.69, 9.17) is 44.3 Å². The van der Waals surface area contributed by atoms with Crippen molar-refractivity contribution >= 4 is 58.5 Å². The smallest absolute Gasteiger partial charge is 0.325 e. The van der Waals surface area contributed by atoms with E-state index >= 15 is 0 Å². The van der Waals surface area contributed by atoms with E-state index in [1.54, 1.807) is 39.8 Å². The molecule has 4 N–H and O–H groups in total. The van der Waals surface area contributed by atoms with E-state index in [1.807, 2.05) is 36.4 Å². The topological polar surface area (TPSA) is 146 Å². The molecule has 5 atom stereocenters. The van der Waals surface area contributed by atoms with Crippen LogP contribution >= 0.6 is 34.8 Å². The number of nitrogens with one attached hydrogen (secondary N) is 3. The average molecular weight is 700 g/mol. The summed E-state index contributed by atoms with van der Waals surface area (Å²) in [7, 11) is 0. The number of ether oxygens (including phenoxy) is 2. The van der Waals surface area contributed by atoms with Crippen LogP contribution < -0.4 is 20.8 Å². The number of halogens is 3. The molecule has 0 saturated carbocycles. The number of esters is 1. The predicted molar refractivity (Wildman–Crippen MR) is 176 cm³/mol. The first-order valence-electron chi connectivity index (χ1n) is 15.0. The van der Waals surface area contributed by atoms with Gasteiger partial charge in [0.25, 0.3) is 11.8 Å². The predicted octanol–water partition coefficient (Wildman–Crippen LogP) is 4.23. The second-order valence-corrected chi connectivity index (χ2v) is 14.1. The molecule has 1 fully saturated rings. The van der Waals surface area contributed by atoms with Crippen LogP contribution in [-0.4, -0.2) is 75.0 Å². The van der Waals surface area contributed by atoms with Gasteiger partial charge in [-0.3, -0.25) is 24.2 Å². The number of amides is 3. The van der Waals surface area contributed by atoms with Crippen LogP contribution in [-0.2, 0) is 23.9 Å². The molecule has 1 aliphatic rings. The van der Waals surface area contributed by atoms with Crippen molar-refractivity contribution in [2.45, 2.75) is 81.6 Å². The van der Waals surface area contributed by atoms with Crippen molar-refractivity contribution in [3.8, 4) is 16.9 Å². The van der Waals surface area contributed by atoms with E-state index in [1.165, 1.54) is 11.9 Å². The SMILES string of the molecule is CC(C)[C@H](NC(=O)[C@H](C)Oc1ccc(-c2cccc([C@@H](C)O)c2)cc1)C(=O)N[C@@H](C)C(=O)N1CCC[C@@H](C(=O)OCC(Cl)(Cl)Cl)N1. The fourth-order valence-corrected chi connectivity index (χ4v) is 4.90. The third-order valence-electron chi connectivity index (χ3n) is 7.33. The first-order chi connectivity index (χ1) is 21.6. The Kier molecular flexibility index (Phi) is 13.5. The summed E-state index contributed by atoms with van der Waals surface area (Å²) in [5.41, 5.74) is 5.48. The summed E-state index contributed by atoms with van der Waals surface area (Å²) in [4.78, 5) is 51.7. The highest BCUT2D eigenvalue weighted by Crippen LogP contribution is 2.27. The van der Waals surface area contributed by atoms with Gasteiger partial charge in [0.1, 0.15) is 30.5 Å². The number of alkyl halides is 3. The number of hydrogen-bond donors (Lipinski definition) is 4. The van der Waals surface area contributed by atoms with Crippen molar-refractivity contribution in [3.05, 3.63) is 54.1 Å². The first kappa shape index (κ1) is 37.4. The number of rotatable bonds is 12. The molecule has 0 bridgehead atoms. The molecule has 0 aliphatic carbocycles. The summed E-state index contributed by atoms with van der Waals surface area (Å²) in [6.45, 7) is 8.21. The van der Waals surface area contributed by atoms with Crippen molar-refractivity contribution in [1.29, 1.82) is 0 Å². The quantitative estimate of drug-likeness (QED) is 0.190. The zero-order chi connectivity index (χ0) is 34.2. The maximum atomic E-state index is 13.2. The van der Waals surface area contributed by atoms with Crippen LogP contribution in [0.3, 0.4) is 0 Å². The van der Waals surface area contributed by atoms with Gasteiger partial charge in [0.15, 0.2) is 6.10 Å². The van der Waals surface area contributed by atoms with Crippen LogP contribution in [0.4, 0.5) is 0 Å². The molecular formula is C32H41Cl3N4O7. The lowest BCUT2D eigenvalue weighted by molar-refractivity contribution is -0.152. The van der Waals surface area contributed by atoms with Gasteiger partial charge in [-0.2, -0.15) is 0 Å². The standard InChI is InChI=1S/C32H41Cl3N4O7/c1-18(2)27(29(42)36-19(3)30(43)39-15-7-10-26(38-39)31(44)45-17-32(33,34)35)37-28(41)21(5)46-25-13-11-22(12-14-25)24-9-6-8-23(16-24)20(4)40/h6,8-9,11-14,16,18-21,26-27,38,40H,7,10,15,17H2,1-5H3,(H,36,42)(H,37,41)/t19-,20+,21-,26-,27-/m0/s1. The summed E-state index contributed by atoms with van der Waals surface area (Å²) in [6.07, 6.45) is -0.587. The molecule has 252 valence electrons. The van der Waals surface area contributed by atoms with Crippen LogP contribution in [0.5, 0.6) is 5.75 Å². The van der Waals surface area contributed by atoms with Gasteiger partial charge in [0.05, 0.1) is 6.10 Å². The van der Waals surface area contributed by atoms with Crippen molar-refractivity contribution in [3.63, 3.8) is 0 Å². The molecule has 1 aliphatic heterocycles. The zero-order valence-electron chi connectivity index (χ0n) is 26.4. The lowest BCUT2D eigenvalue weighted by atomic mass is 10.0. The van der Waals surface area contributed by atoms with Gasteiger partial charge in [0, 0.05) is 6.54 Å². The Balaban J connectivity index is 1.55. The van der Waals surface area contributed by atoms with Gasteiger partial charge < -0.3 is 25.2 Å². The minimum absolute atomic E-state index is 0.305. The lowest BCUT2D eigenvalue weighted by Gasteiger charge is -2.34. The number of hydrazine groups is 1. The van der Waals surface area contributed by atoms with Gasteiger partial charge >= 0.3 is 5.97 Å². The summed E-state index contributed by atoms with van der Waals surface area (Å²) < 4.78 is 9.10. The van der Waals surface area contributed by atoms with Crippen molar-refractivity contribution in [2.24, 2.45) is 5.92 Å². The summed E-state index contributed by atoms with van der Waals surface area (Å²) in [5, 5.41) is 16.5. The molecule has 0 aromatic heterocycles. The Labute approximate surface area is 284 Å². The molecule has 11 nitrogen and oxygen atoms in total. The van der Waals surface area contributed by atoms with Crippen LogP contribution in [0.1, 0.15) is 59.1 Å². The average Bonchev–Trinajstić information content (AvgIpc) is 3.01. The Bertz CT molecular complexity index is 1370. The van der Waals surface area contributed by atoms with Crippen LogP contribution in [0.25, 0.3) is 11.1 Å². The maximum Gasteiger partial charge on any atom is 0.325 e. The largest absolute Gasteiger partial charge is 0.481 e. The fraction of sp³-hybridized carbons (Fsp3) is 0.500. The number of hydrogen-bond acceptors (Lipinski definition) is 8. The monoisotopic (exact) mass is 698 g/mol. The molecule has 1 saturated heterocycles. The van der Waals surface area contributed by atoms with Crippen LogP contribution in [0.2, 0.25) is 0 Å². The van der Waals surface area contributed by atoms with E-state index in [9.17, 15) is 24.3 Å². The van der Waals surface area contributed by atoms with Gasteiger partial charge in [-0.1, -0.05) is 79.0 Å². The number of benzene rings is 2. The molecular weight excluding hydrogens is 659 g/mol. The van der Waals surface area contributed by atoms with Gasteiger partial charge in [-0.15, -0.1) is 0 Å². The Hall–Kier alpha value is -3.09. The third-order valence-corrected chi connectivity index (χ3v) is 7.66. The minimum atomic E-state index is -1.76. The van der Waals surface area contributed by atoms with E-state index < -0.39 is 64.4 Å². The first-order valence-corrected chi connectivity index (χ1v) is 16.2. The van der Waals surface area contributed by atoms with Crippen molar-refractivity contribution < 1.29 is 33.8 Å². The van der Waals surface area contributed by atoms with Gasteiger partial charge in [-0.05, 0) is 74.4 Å². The zero-order valence-corrected chi connectivity index (χ0v) is 28.7. The highest BCUT2D eigenvalue weighted by Gasteiger charge is 2.34. The number of carbonyl (C=O) groups excluding carboxylic acids is 4. The van der Waals surface area contributed by atoms with E-state index in [-0.39, 0.29) is 5.92 Å². The van der Waals surface area contributed by atoms with E-state index in [0.29, 0.717) is 25.1 Å². The van der Waals surface area contributed by atoms with Gasteiger partial charge in [-0.25, -0.2) is 5.43 Å². The summed E-state index contributed by atoms with van der Waals surface area (Å²) in [6, 6.07) is 12.0. The van der Waals surface area contributed by atoms with E-state index in [2.05, 4.69) is 16.1 Å². The molecule has 3 rings (SSSR count). The summed E-state index contributed by atoms with van der Waals surface area (Å²) >= 11 is 16.9. The highest BCUT2D eigenvalue weighted by molar-refractivity contribution is 6.67. The van der Waals surface area contributed by atoms with Crippen LogP contribution in [0, 0.1) is 5.92 Å². The fourth-order valence-electron chi connectivity index (χ4n) is 4.73. The minimum Gasteiger partial charge on any atom is -0.481 e. The molecule has 1 heterocycles. The molecule has 46 heavy (non-hydrogen) atoms. The Morgan fingerprint density at radius 1 is 0.978 bits per heavy atom. The normalized spacial score (nSPS) is 17.8. The maximum absolute atomic E-state index is 13.2. The molecule has 2 aromatic rings. The number of nitrogens with zero attached hydrogens (tertiary/aromatic N) is 1. The molecule has 14 heteroatoms.